The summed E-state index contributed by atoms with van der Waals surface area (Å²) in [5.41, 5.74) is 18.6. The lowest BCUT2D eigenvalue weighted by molar-refractivity contribution is 1.09. The Bertz CT molecular complexity index is 3070. The first kappa shape index (κ1) is 33.4. The van der Waals surface area contributed by atoms with Crippen molar-refractivity contribution in [1.29, 1.82) is 5.26 Å². The molecule has 266 valence electrons. The molecule has 0 fully saturated rings. The highest BCUT2D eigenvalue weighted by molar-refractivity contribution is 6.13. The maximum Gasteiger partial charge on any atom is 0.0991 e. The zero-order valence-electron chi connectivity index (χ0n) is 31.8. The molecule has 0 radical (unpaired) electrons. The molecule has 10 rings (SSSR count). The fourth-order valence-corrected chi connectivity index (χ4v) is 8.89. The van der Waals surface area contributed by atoms with Crippen LogP contribution in [-0.4, -0.2) is 14.1 Å². The molecule has 0 spiro atoms. The number of pyridine rings is 1. The molecule has 3 heterocycles. The first-order valence-electron chi connectivity index (χ1n) is 19.1. The molecule has 4 nitrogen and oxygen atoms in total. The van der Waals surface area contributed by atoms with Gasteiger partial charge in [0.05, 0.1) is 57.5 Å². The molecule has 0 saturated heterocycles. The highest BCUT2D eigenvalue weighted by atomic mass is 15.0. The van der Waals surface area contributed by atoms with Crippen LogP contribution in [0.2, 0.25) is 0 Å². The number of nitrogens with zero attached hydrogens (tertiary/aromatic N) is 4. The van der Waals surface area contributed by atoms with Crippen LogP contribution in [0.5, 0.6) is 0 Å². The van der Waals surface area contributed by atoms with Crippen LogP contribution in [0.15, 0.2) is 158 Å². The Morgan fingerprint density at radius 1 is 0.446 bits per heavy atom. The van der Waals surface area contributed by atoms with Gasteiger partial charge in [-0.25, -0.2) is 0 Å². The molecule has 10 aromatic rings. The van der Waals surface area contributed by atoms with Crippen molar-refractivity contribution in [3.05, 3.63) is 186 Å². The van der Waals surface area contributed by atoms with Crippen LogP contribution in [0.4, 0.5) is 0 Å². The van der Waals surface area contributed by atoms with Gasteiger partial charge in [0.15, 0.2) is 0 Å². The van der Waals surface area contributed by atoms with Crippen LogP contribution < -0.4 is 0 Å². The van der Waals surface area contributed by atoms with E-state index in [1.165, 1.54) is 54.9 Å². The van der Waals surface area contributed by atoms with Gasteiger partial charge in [0, 0.05) is 27.1 Å². The van der Waals surface area contributed by atoms with Gasteiger partial charge in [0.25, 0.3) is 0 Å². The second kappa shape index (κ2) is 13.0. The molecule has 0 unspecified atom stereocenters. The minimum atomic E-state index is 0.606. The number of fused-ring (bicyclic) bond motifs is 6. The molecule has 56 heavy (non-hydrogen) atoms. The molecule has 3 aromatic heterocycles. The zero-order valence-corrected chi connectivity index (χ0v) is 31.8. The van der Waals surface area contributed by atoms with E-state index in [0.29, 0.717) is 5.56 Å². The summed E-state index contributed by atoms with van der Waals surface area (Å²) in [7, 11) is 0. The summed E-state index contributed by atoms with van der Waals surface area (Å²) >= 11 is 0. The van der Waals surface area contributed by atoms with Gasteiger partial charge >= 0.3 is 0 Å². The van der Waals surface area contributed by atoms with E-state index < -0.39 is 0 Å². The van der Waals surface area contributed by atoms with Crippen molar-refractivity contribution in [1.82, 2.24) is 14.1 Å². The van der Waals surface area contributed by atoms with Crippen molar-refractivity contribution in [3.8, 4) is 50.8 Å². The van der Waals surface area contributed by atoms with E-state index in [4.69, 9.17) is 4.98 Å². The largest absolute Gasteiger partial charge is 0.307 e. The fourth-order valence-electron chi connectivity index (χ4n) is 8.89. The summed E-state index contributed by atoms with van der Waals surface area (Å²) in [4.78, 5) is 5.05. The lowest BCUT2D eigenvalue weighted by Crippen LogP contribution is -2.05. The highest BCUT2D eigenvalue weighted by Gasteiger charge is 2.23. The third-order valence-corrected chi connectivity index (χ3v) is 11.4. The molecular formula is C52H38N4. The Hall–Kier alpha value is -7.22. The lowest BCUT2D eigenvalue weighted by Gasteiger charge is -2.20. The molecule has 7 aromatic carbocycles. The molecule has 0 atom stereocenters. The van der Waals surface area contributed by atoms with E-state index >= 15 is 0 Å². The van der Waals surface area contributed by atoms with E-state index in [9.17, 15) is 5.26 Å². The number of rotatable bonds is 5. The van der Waals surface area contributed by atoms with E-state index in [0.717, 1.165) is 55.7 Å². The first-order valence-corrected chi connectivity index (χ1v) is 19.1. The Kier molecular flexibility index (Phi) is 7.73. The quantitative estimate of drug-likeness (QED) is 0.178. The van der Waals surface area contributed by atoms with Gasteiger partial charge in [-0.2, -0.15) is 5.26 Å². The number of hydrogen-bond acceptors (Lipinski definition) is 2. The van der Waals surface area contributed by atoms with Gasteiger partial charge in [-0.1, -0.05) is 120 Å². The van der Waals surface area contributed by atoms with Crippen molar-refractivity contribution < 1.29 is 0 Å². The zero-order chi connectivity index (χ0) is 38.1. The van der Waals surface area contributed by atoms with Gasteiger partial charge in [0.1, 0.15) is 0 Å². The average molecular weight is 719 g/mol. The van der Waals surface area contributed by atoms with Crippen molar-refractivity contribution in [2.45, 2.75) is 27.7 Å². The third kappa shape index (κ3) is 5.24. The number of benzene rings is 7. The van der Waals surface area contributed by atoms with Gasteiger partial charge in [-0.3, -0.25) is 4.98 Å². The monoisotopic (exact) mass is 718 g/mol. The summed E-state index contributed by atoms with van der Waals surface area (Å²) in [6.07, 6.45) is 3.98. The summed E-state index contributed by atoms with van der Waals surface area (Å²) in [6.45, 7) is 8.66. The lowest BCUT2D eigenvalue weighted by atomic mass is 9.97. The predicted octanol–water partition coefficient (Wildman–Crippen LogP) is 13.4. The molecule has 0 aliphatic heterocycles. The van der Waals surface area contributed by atoms with Gasteiger partial charge in [-0.05, 0) is 103 Å². The van der Waals surface area contributed by atoms with Crippen LogP contribution in [0.1, 0.15) is 27.8 Å². The van der Waals surface area contributed by atoms with E-state index in [1.807, 2.05) is 30.6 Å². The number of nitriles is 1. The van der Waals surface area contributed by atoms with Crippen molar-refractivity contribution in [3.63, 3.8) is 0 Å². The molecule has 0 aliphatic rings. The standard InChI is InChI=1S/C52H38N4/c1-32-16-20-40(34(3)24-32)37-18-22-44-42-12-5-7-14-46(42)55(48(44)27-37)50-30-54-31-51(52(50)39-11-9-10-36(26-39)29-53)56-47-15-8-6-13-43(47)45-23-19-38(28-49(45)56)41-21-17-33(2)25-35(41)4/h5-28,30-31H,1-4H3. The smallest absolute Gasteiger partial charge is 0.0991 e. The van der Waals surface area contributed by atoms with Crippen LogP contribution in [0.3, 0.4) is 0 Å². The summed E-state index contributed by atoms with van der Waals surface area (Å²) < 4.78 is 4.75. The van der Waals surface area contributed by atoms with Crippen LogP contribution in [-0.2, 0) is 0 Å². The minimum Gasteiger partial charge on any atom is -0.307 e. The van der Waals surface area contributed by atoms with Crippen LogP contribution in [0.25, 0.3) is 88.4 Å². The second-order valence-electron chi connectivity index (χ2n) is 15.1. The SMILES string of the molecule is Cc1ccc(-c2ccc3c4ccccc4n(-c4cncc(-n5c6ccccc6c6ccc(-c7ccc(C)cc7C)cc65)c4-c4cccc(C#N)c4)c3c2)c(C)c1. The average Bonchev–Trinajstić information content (AvgIpc) is 3.72. The molecule has 4 heteroatoms. The molecule has 0 amide bonds. The van der Waals surface area contributed by atoms with Crippen molar-refractivity contribution in [2.75, 3.05) is 0 Å². The number of aryl methyl sites for hydroxylation is 4. The van der Waals surface area contributed by atoms with Crippen LogP contribution >= 0.6 is 0 Å². The molecule has 0 saturated carbocycles. The van der Waals surface area contributed by atoms with Crippen molar-refractivity contribution >= 4 is 43.6 Å². The number of para-hydroxylation sites is 2. The first-order chi connectivity index (χ1) is 27.4. The topological polar surface area (TPSA) is 46.5 Å². The van der Waals surface area contributed by atoms with Crippen LogP contribution in [0, 0.1) is 39.0 Å². The minimum absolute atomic E-state index is 0.606. The molecular weight excluding hydrogens is 681 g/mol. The van der Waals surface area contributed by atoms with Gasteiger partial charge < -0.3 is 9.13 Å². The summed E-state index contributed by atoms with van der Waals surface area (Å²) in [6, 6.07) is 54.6. The highest BCUT2D eigenvalue weighted by Crippen LogP contribution is 2.43. The Labute approximate surface area is 326 Å². The molecule has 0 N–H and O–H groups in total. The molecule has 0 bridgehead atoms. The summed E-state index contributed by atoms with van der Waals surface area (Å²) in [5, 5.41) is 14.9. The predicted molar refractivity (Wildman–Crippen MR) is 233 cm³/mol. The fraction of sp³-hybridized carbons (Fsp3) is 0.0769. The van der Waals surface area contributed by atoms with Gasteiger partial charge in [-0.15, -0.1) is 0 Å². The Balaban J connectivity index is 1.33. The second-order valence-corrected chi connectivity index (χ2v) is 15.1. The Morgan fingerprint density at radius 2 is 0.946 bits per heavy atom. The van der Waals surface area contributed by atoms with E-state index in [1.54, 1.807) is 0 Å². The van der Waals surface area contributed by atoms with Crippen molar-refractivity contribution in [2.24, 2.45) is 0 Å². The third-order valence-electron chi connectivity index (χ3n) is 11.4. The number of aromatic nitrogens is 3. The summed E-state index contributed by atoms with van der Waals surface area (Å²) in [5.74, 6) is 0. The van der Waals surface area contributed by atoms with E-state index in [-0.39, 0.29) is 0 Å². The number of hydrogen-bond donors (Lipinski definition) is 0. The Morgan fingerprint density at radius 3 is 1.45 bits per heavy atom. The maximum absolute atomic E-state index is 10.2. The van der Waals surface area contributed by atoms with Gasteiger partial charge in [0.2, 0.25) is 0 Å². The molecule has 0 aliphatic carbocycles. The maximum atomic E-state index is 10.2. The van der Waals surface area contributed by atoms with E-state index in [2.05, 4.69) is 170 Å². The normalized spacial score (nSPS) is 11.6.